The van der Waals surface area contributed by atoms with Gasteiger partial charge in [-0.1, -0.05) is 18.0 Å². The quantitative estimate of drug-likeness (QED) is 0.797. The van der Waals surface area contributed by atoms with Gasteiger partial charge in [-0.3, -0.25) is 9.69 Å². The SMILES string of the molecule is CN(CC(=O)N1CCCCCC1)Cc1ncon1. The molecular weight excluding hydrogens is 232 g/mol. The van der Waals surface area contributed by atoms with E-state index in [1.807, 2.05) is 16.8 Å². The number of likely N-dealkylation sites (N-methyl/N-ethyl adjacent to an activating group) is 1. The van der Waals surface area contributed by atoms with Crippen LogP contribution >= 0.6 is 0 Å². The third-order valence-electron chi connectivity index (χ3n) is 3.18. The van der Waals surface area contributed by atoms with E-state index in [-0.39, 0.29) is 5.91 Å². The lowest BCUT2D eigenvalue weighted by Gasteiger charge is -2.23. The number of carbonyl (C=O) groups excluding carboxylic acids is 1. The molecule has 1 amide bonds. The van der Waals surface area contributed by atoms with Crippen LogP contribution in [0.4, 0.5) is 0 Å². The Morgan fingerprint density at radius 2 is 2.11 bits per heavy atom. The van der Waals surface area contributed by atoms with E-state index in [9.17, 15) is 4.79 Å². The van der Waals surface area contributed by atoms with Crippen LogP contribution in [-0.4, -0.2) is 52.5 Å². The molecule has 2 rings (SSSR count). The van der Waals surface area contributed by atoms with Gasteiger partial charge in [-0.25, -0.2) is 0 Å². The minimum Gasteiger partial charge on any atom is -0.343 e. The van der Waals surface area contributed by atoms with E-state index in [4.69, 9.17) is 0 Å². The van der Waals surface area contributed by atoms with E-state index in [0.29, 0.717) is 18.9 Å². The van der Waals surface area contributed by atoms with E-state index >= 15 is 0 Å². The Hall–Kier alpha value is -1.43. The number of likely N-dealkylation sites (tertiary alicyclic amines) is 1. The molecule has 0 saturated carbocycles. The van der Waals surface area contributed by atoms with Crippen LogP contribution in [0.2, 0.25) is 0 Å². The molecule has 18 heavy (non-hydrogen) atoms. The molecule has 6 nitrogen and oxygen atoms in total. The average Bonchev–Trinajstić information content (AvgIpc) is 2.68. The maximum atomic E-state index is 12.1. The van der Waals surface area contributed by atoms with Gasteiger partial charge in [0.1, 0.15) is 0 Å². The summed E-state index contributed by atoms with van der Waals surface area (Å²) in [6.45, 7) is 2.74. The summed E-state index contributed by atoms with van der Waals surface area (Å²) in [6, 6.07) is 0. The van der Waals surface area contributed by atoms with Crippen LogP contribution < -0.4 is 0 Å². The van der Waals surface area contributed by atoms with Crippen molar-refractivity contribution in [1.29, 1.82) is 0 Å². The zero-order valence-corrected chi connectivity index (χ0v) is 10.8. The predicted molar refractivity (Wildman–Crippen MR) is 65.7 cm³/mol. The molecule has 0 aliphatic carbocycles. The lowest BCUT2D eigenvalue weighted by atomic mass is 10.2. The Balaban J connectivity index is 1.78. The molecule has 6 heteroatoms. The Kier molecular flexibility index (Phi) is 4.69. The number of amides is 1. The predicted octanol–water partition coefficient (Wildman–Crippen LogP) is 0.904. The average molecular weight is 252 g/mol. The van der Waals surface area contributed by atoms with Gasteiger partial charge in [0.15, 0.2) is 5.82 Å². The van der Waals surface area contributed by atoms with Crippen LogP contribution in [0.1, 0.15) is 31.5 Å². The third-order valence-corrected chi connectivity index (χ3v) is 3.18. The molecule has 0 spiro atoms. The van der Waals surface area contributed by atoms with Crippen molar-refractivity contribution in [3.05, 3.63) is 12.2 Å². The van der Waals surface area contributed by atoms with Crippen molar-refractivity contribution in [3.63, 3.8) is 0 Å². The van der Waals surface area contributed by atoms with Crippen LogP contribution in [0, 0.1) is 0 Å². The van der Waals surface area contributed by atoms with Gasteiger partial charge in [0.2, 0.25) is 12.3 Å². The van der Waals surface area contributed by atoms with Gasteiger partial charge in [0, 0.05) is 13.1 Å². The first-order valence-corrected chi connectivity index (χ1v) is 6.47. The first kappa shape index (κ1) is 13.0. The first-order chi connectivity index (χ1) is 8.75. The number of aromatic nitrogens is 2. The molecule has 0 radical (unpaired) electrons. The van der Waals surface area contributed by atoms with E-state index in [1.165, 1.54) is 19.2 Å². The normalized spacial score (nSPS) is 16.9. The van der Waals surface area contributed by atoms with Crippen LogP contribution in [0.15, 0.2) is 10.9 Å². The molecule has 0 bridgehead atoms. The summed E-state index contributed by atoms with van der Waals surface area (Å²) in [5.41, 5.74) is 0. The number of hydrogen-bond acceptors (Lipinski definition) is 5. The molecular formula is C12H20N4O2. The van der Waals surface area contributed by atoms with Crippen LogP contribution in [0.25, 0.3) is 0 Å². The molecule has 1 saturated heterocycles. The second-order valence-corrected chi connectivity index (χ2v) is 4.81. The lowest BCUT2D eigenvalue weighted by Crippen LogP contribution is -2.39. The number of rotatable bonds is 4. The minimum absolute atomic E-state index is 0.197. The van der Waals surface area contributed by atoms with Crippen LogP contribution in [0.3, 0.4) is 0 Å². The Morgan fingerprint density at radius 1 is 1.39 bits per heavy atom. The molecule has 1 aromatic heterocycles. The van der Waals surface area contributed by atoms with Gasteiger partial charge in [0.05, 0.1) is 13.1 Å². The van der Waals surface area contributed by atoms with Crippen molar-refractivity contribution < 1.29 is 9.32 Å². The molecule has 2 heterocycles. The van der Waals surface area contributed by atoms with Gasteiger partial charge in [-0.15, -0.1) is 0 Å². The maximum Gasteiger partial charge on any atom is 0.236 e. The molecule has 0 atom stereocenters. The highest BCUT2D eigenvalue weighted by molar-refractivity contribution is 5.78. The molecule has 0 aromatic carbocycles. The van der Waals surface area contributed by atoms with Gasteiger partial charge >= 0.3 is 0 Å². The summed E-state index contributed by atoms with van der Waals surface area (Å²) < 4.78 is 4.67. The van der Waals surface area contributed by atoms with Crippen molar-refractivity contribution in [1.82, 2.24) is 19.9 Å². The smallest absolute Gasteiger partial charge is 0.236 e. The number of hydrogen-bond donors (Lipinski definition) is 0. The highest BCUT2D eigenvalue weighted by Crippen LogP contribution is 2.10. The van der Waals surface area contributed by atoms with Crippen LogP contribution in [0.5, 0.6) is 0 Å². The summed E-state index contributed by atoms with van der Waals surface area (Å²) >= 11 is 0. The van der Waals surface area contributed by atoms with Gasteiger partial charge in [-0.05, 0) is 19.9 Å². The maximum absolute atomic E-state index is 12.1. The second kappa shape index (κ2) is 6.49. The Labute approximate surface area is 107 Å². The number of carbonyl (C=O) groups is 1. The van der Waals surface area contributed by atoms with E-state index < -0.39 is 0 Å². The molecule has 1 aliphatic rings. The van der Waals surface area contributed by atoms with Crippen molar-refractivity contribution in [3.8, 4) is 0 Å². The molecule has 0 N–H and O–H groups in total. The van der Waals surface area contributed by atoms with Crippen molar-refractivity contribution in [2.24, 2.45) is 0 Å². The lowest BCUT2D eigenvalue weighted by molar-refractivity contribution is -0.132. The third kappa shape index (κ3) is 3.80. The molecule has 100 valence electrons. The Bertz CT molecular complexity index is 358. The van der Waals surface area contributed by atoms with Gasteiger partial charge < -0.3 is 9.42 Å². The highest BCUT2D eigenvalue weighted by Gasteiger charge is 2.17. The van der Waals surface area contributed by atoms with Crippen LogP contribution in [-0.2, 0) is 11.3 Å². The topological polar surface area (TPSA) is 62.5 Å². The summed E-state index contributed by atoms with van der Waals surface area (Å²) in [7, 11) is 1.89. The summed E-state index contributed by atoms with van der Waals surface area (Å²) in [6.07, 6.45) is 6.03. The van der Waals surface area contributed by atoms with Crippen molar-refractivity contribution in [2.75, 3.05) is 26.7 Å². The largest absolute Gasteiger partial charge is 0.343 e. The fraction of sp³-hybridized carbons (Fsp3) is 0.750. The summed E-state index contributed by atoms with van der Waals surface area (Å²) in [4.78, 5) is 19.9. The fourth-order valence-electron chi connectivity index (χ4n) is 2.21. The zero-order chi connectivity index (χ0) is 12.8. The minimum atomic E-state index is 0.197. The van der Waals surface area contributed by atoms with E-state index in [2.05, 4.69) is 14.7 Å². The second-order valence-electron chi connectivity index (χ2n) is 4.81. The van der Waals surface area contributed by atoms with Crippen molar-refractivity contribution >= 4 is 5.91 Å². The first-order valence-electron chi connectivity index (χ1n) is 6.47. The summed E-state index contributed by atoms with van der Waals surface area (Å²) in [5.74, 6) is 0.809. The molecule has 1 fully saturated rings. The number of nitrogens with zero attached hydrogens (tertiary/aromatic N) is 4. The summed E-state index contributed by atoms with van der Waals surface area (Å²) in [5, 5.41) is 3.74. The van der Waals surface area contributed by atoms with E-state index in [1.54, 1.807) is 0 Å². The van der Waals surface area contributed by atoms with E-state index in [0.717, 1.165) is 25.9 Å². The monoisotopic (exact) mass is 252 g/mol. The van der Waals surface area contributed by atoms with Gasteiger partial charge in [-0.2, -0.15) is 4.98 Å². The fourth-order valence-corrected chi connectivity index (χ4v) is 2.21. The molecule has 1 aliphatic heterocycles. The standard InChI is InChI=1S/C12H20N4O2/c1-15(8-11-13-10-18-14-11)9-12(17)16-6-4-2-3-5-7-16/h10H,2-9H2,1H3. The zero-order valence-electron chi connectivity index (χ0n) is 10.8. The van der Waals surface area contributed by atoms with Gasteiger partial charge in [0.25, 0.3) is 0 Å². The van der Waals surface area contributed by atoms with Crippen molar-refractivity contribution in [2.45, 2.75) is 32.2 Å². The molecule has 1 aromatic rings. The highest BCUT2D eigenvalue weighted by atomic mass is 16.5. The Morgan fingerprint density at radius 3 is 2.72 bits per heavy atom. The molecule has 0 unspecified atom stereocenters.